The summed E-state index contributed by atoms with van der Waals surface area (Å²) in [6.07, 6.45) is 3.35. The van der Waals surface area contributed by atoms with Crippen molar-refractivity contribution in [3.63, 3.8) is 0 Å². The molecule has 0 bridgehead atoms. The Balaban J connectivity index is 1.37. The highest BCUT2D eigenvalue weighted by atomic mass is 16.5. The molecule has 1 aliphatic carbocycles. The lowest BCUT2D eigenvalue weighted by Crippen LogP contribution is -2.39. The molecule has 0 radical (unpaired) electrons. The van der Waals surface area contributed by atoms with E-state index in [1.807, 2.05) is 37.3 Å². The number of hydrogen-bond acceptors (Lipinski definition) is 3. The Morgan fingerprint density at radius 3 is 2.82 bits per heavy atom. The largest absolute Gasteiger partial charge is 0.375 e. The first-order valence-corrected chi connectivity index (χ1v) is 8.32. The molecule has 2 N–H and O–H groups in total. The molecule has 1 saturated heterocycles. The summed E-state index contributed by atoms with van der Waals surface area (Å²) < 4.78 is 5.69. The standard InChI is InChI=1S/C18H26N2O2/c1-14(12-22-13-15-5-3-2-4-6-15)20-17(21)16-11-18(16)7-9-19-10-8-18/h2-6,14,16,19H,7-13H2,1H3,(H,20,21). The molecule has 1 aromatic carbocycles. The molecule has 3 rings (SSSR count). The molecular weight excluding hydrogens is 276 g/mol. The van der Waals surface area contributed by atoms with Crippen molar-refractivity contribution in [2.45, 2.75) is 38.8 Å². The lowest BCUT2D eigenvalue weighted by atomic mass is 9.91. The second-order valence-corrected chi connectivity index (χ2v) is 6.78. The van der Waals surface area contributed by atoms with Crippen LogP contribution in [0.25, 0.3) is 0 Å². The first kappa shape index (κ1) is 15.5. The van der Waals surface area contributed by atoms with Gasteiger partial charge in [-0.05, 0) is 50.3 Å². The summed E-state index contributed by atoms with van der Waals surface area (Å²) in [6.45, 7) is 5.28. The van der Waals surface area contributed by atoms with E-state index in [1.54, 1.807) is 0 Å². The molecule has 2 atom stereocenters. The van der Waals surface area contributed by atoms with E-state index in [2.05, 4.69) is 10.6 Å². The quantitative estimate of drug-likeness (QED) is 0.846. The first-order valence-electron chi connectivity index (χ1n) is 8.32. The van der Waals surface area contributed by atoms with Crippen LogP contribution in [0.5, 0.6) is 0 Å². The SMILES string of the molecule is CC(COCc1ccccc1)NC(=O)C1CC12CCNCC2. The number of ether oxygens (including phenoxy) is 1. The number of nitrogens with one attached hydrogen (secondary N) is 2. The maximum atomic E-state index is 12.3. The minimum Gasteiger partial charge on any atom is -0.375 e. The van der Waals surface area contributed by atoms with Crippen LogP contribution in [0.4, 0.5) is 0 Å². The van der Waals surface area contributed by atoms with Crippen molar-refractivity contribution in [2.75, 3.05) is 19.7 Å². The molecule has 1 spiro atoms. The molecule has 1 amide bonds. The fourth-order valence-electron chi connectivity index (χ4n) is 3.51. The van der Waals surface area contributed by atoms with Gasteiger partial charge in [-0.2, -0.15) is 0 Å². The maximum Gasteiger partial charge on any atom is 0.223 e. The Hall–Kier alpha value is -1.39. The molecule has 1 aliphatic heterocycles. The minimum atomic E-state index is 0.0653. The monoisotopic (exact) mass is 302 g/mol. The molecule has 1 aromatic rings. The van der Waals surface area contributed by atoms with E-state index in [9.17, 15) is 4.79 Å². The summed E-state index contributed by atoms with van der Waals surface area (Å²) in [4.78, 5) is 12.3. The van der Waals surface area contributed by atoms with Gasteiger partial charge >= 0.3 is 0 Å². The lowest BCUT2D eigenvalue weighted by molar-refractivity contribution is -0.124. The summed E-state index contributed by atoms with van der Waals surface area (Å²) in [7, 11) is 0. The van der Waals surface area contributed by atoms with E-state index in [4.69, 9.17) is 4.74 Å². The molecule has 2 fully saturated rings. The van der Waals surface area contributed by atoms with Gasteiger partial charge in [0.1, 0.15) is 0 Å². The number of carbonyl (C=O) groups excluding carboxylic acids is 1. The Bertz CT molecular complexity index is 497. The van der Waals surface area contributed by atoms with Crippen LogP contribution in [0, 0.1) is 11.3 Å². The van der Waals surface area contributed by atoms with Crippen molar-refractivity contribution < 1.29 is 9.53 Å². The Morgan fingerprint density at radius 1 is 1.36 bits per heavy atom. The van der Waals surface area contributed by atoms with Crippen LogP contribution in [-0.4, -0.2) is 31.6 Å². The van der Waals surface area contributed by atoms with Gasteiger partial charge in [0.15, 0.2) is 0 Å². The van der Waals surface area contributed by atoms with Gasteiger partial charge in [0.2, 0.25) is 5.91 Å². The van der Waals surface area contributed by atoms with Crippen molar-refractivity contribution in [1.29, 1.82) is 0 Å². The summed E-state index contributed by atoms with van der Waals surface area (Å²) in [6, 6.07) is 10.2. The molecule has 4 heteroatoms. The summed E-state index contributed by atoms with van der Waals surface area (Å²) in [5.74, 6) is 0.448. The molecule has 2 aliphatic rings. The Kier molecular flexibility index (Phi) is 4.79. The van der Waals surface area contributed by atoms with Gasteiger partial charge in [-0.1, -0.05) is 30.3 Å². The maximum absolute atomic E-state index is 12.3. The van der Waals surface area contributed by atoms with Crippen LogP contribution in [0.3, 0.4) is 0 Å². The fourth-order valence-corrected chi connectivity index (χ4v) is 3.51. The van der Waals surface area contributed by atoms with Crippen LogP contribution >= 0.6 is 0 Å². The number of amides is 1. The number of hydrogen-bond donors (Lipinski definition) is 2. The fraction of sp³-hybridized carbons (Fsp3) is 0.611. The first-order chi connectivity index (χ1) is 10.7. The summed E-state index contributed by atoms with van der Waals surface area (Å²) in [5.41, 5.74) is 1.47. The highest BCUT2D eigenvalue weighted by Gasteiger charge is 2.57. The third-order valence-corrected chi connectivity index (χ3v) is 4.97. The van der Waals surface area contributed by atoms with Gasteiger partial charge in [-0.3, -0.25) is 4.79 Å². The van der Waals surface area contributed by atoms with Crippen LogP contribution in [0.2, 0.25) is 0 Å². The lowest BCUT2D eigenvalue weighted by Gasteiger charge is -2.23. The summed E-state index contributed by atoms with van der Waals surface area (Å²) >= 11 is 0. The van der Waals surface area contributed by atoms with Crippen molar-refractivity contribution in [2.24, 2.45) is 11.3 Å². The zero-order chi connectivity index (χ0) is 15.4. The number of carbonyl (C=O) groups is 1. The molecule has 4 nitrogen and oxygen atoms in total. The predicted octanol–water partition coefficient (Wildman–Crippen LogP) is 2.10. The molecular formula is C18H26N2O2. The molecule has 2 unspecified atom stereocenters. The average Bonchev–Trinajstić information content (AvgIpc) is 3.22. The number of piperidine rings is 1. The van der Waals surface area contributed by atoms with Crippen molar-refractivity contribution in [3.05, 3.63) is 35.9 Å². The van der Waals surface area contributed by atoms with Crippen molar-refractivity contribution >= 4 is 5.91 Å². The van der Waals surface area contributed by atoms with Gasteiger partial charge < -0.3 is 15.4 Å². The highest BCUT2D eigenvalue weighted by Crippen LogP contribution is 2.58. The smallest absolute Gasteiger partial charge is 0.223 e. The van der Waals surface area contributed by atoms with Gasteiger partial charge in [-0.25, -0.2) is 0 Å². The van der Waals surface area contributed by atoms with Crippen LogP contribution in [0.15, 0.2) is 30.3 Å². The van der Waals surface area contributed by atoms with Gasteiger partial charge in [-0.15, -0.1) is 0 Å². The summed E-state index contributed by atoms with van der Waals surface area (Å²) in [5, 5.41) is 6.49. The van der Waals surface area contributed by atoms with E-state index in [0.29, 0.717) is 18.6 Å². The zero-order valence-corrected chi connectivity index (χ0v) is 13.3. The third kappa shape index (κ3) is 3.68. The average molecular weight is 302 g/mol. The Morgan fingerprint density at radius 2 is 2.09 bits per heavy atom. The highest BCUT2D eigenvalue weighted by molar-refractivity contribution is 5.82. The third-order valence-electron chi connectivity index (χ3n) is 4.97. The second-order valence-electron chi connectivity index (χ2n) is 6.78. The van der Waals surface area contributed by atoms with E-state index >= 15 is 0 Å². The van der Waals surface area contributed by atoms with E-state index in [-0.39, 0.29) is 17.9 Å². The van der Waals surface area contributed by atoms with Gasteiger partial charge in [0.25, 0.3) is 0 Å². The Labute approximate surface area is 132 Å². The molecule has 22 heavy (non-hydrogen) atoms. The molecule has 1 saturated carbocycles. The van der Waals surface area contributed by atoms with E-state index in [1.165, 1.54) is 0 Å². The van der Waals surface area contributed by atoms with Gasteiger partial charge in [0.05, 0.1) is 13.2 Å². The number of rotatable bonds is 6. The van der Waals surface area contributed by atoms with Crippen molar-refractivity contribution in [3.8, 4) is 0 Å². The topological polar surface area (TPSA) is 50.4 Å². The van der Waals surface area contributed by atoms with E-state index in [0.717, 1.165) is 37.9 Å². The van der Waals surface area contributed by atoms with Crippen LogP contribution in [0.1, 0.15) is 31.7 Å². The molecule has 1 heterocycles. The predicted molar refractivity (Wildman–Crippen MR) is 86.3 cm³/mol. The second kappa shape index (κ2) is 6.80. The molecule has 0 aromatic heterocycles. The minimum absolute atomic E-state index is 0.0653. The van der Waals surface area contributed by atoms with Gasteiger partial charge in [0, 0.05) is 12.0 Å². The molecule has 120 valence electrons. The normalized spacial score (nSPS) is 24.0. The van der Waals surface area contributed by atoms with Crippen LogP contribution < -0.4 is 10.6 Å². The van der Waals surface area contributed by atoms with E-state index < -0.39 is 0 Å². The number of benzene rings is 1. The van der Waals surface area contributed by atoms with Crippen molar-refractivity contribution in [1.82, 2.24) is 10.6 Å². The van der Waals surface area contributed by atoms with Crippen LogP contribution in [-0.2, 0) is 16.1 Å². The zero-order valence-electron chi connectivity index (χ0n) is 13.3.